The van der Waals surface area contributed by atoms with Gasteiger partial charge < -0.3 is 19.5 Å². The first-order valence-electron chi connectivity index (χ1n) is 14.6. The fraction of sp³-hybridized carbons (Fsp3) is 0.500. The van der Waals surface area contributed by atoms with Gasteiger partial charge in [-0.2, -0.15) is 0 Å². The first-order chi connectivity index (χ1) is 20.0. The number of aromatic nitrogens is 3. The summed E-state index contributed by atoms with van der Waals surface area (Å²) in [7, 11) is 4.65. The summed E-state index contributed by atoms with van der Waals surface area (Å²) >= 11 is 0. The topological polar surface area (TPSA) is 98.7 Å². The van der Waals surface area contributed by atoms with Crippen molar-refractivity contribution in [2.24, 2.45) is 5.92 Å². The van der Waals surface area contributed by atoms with E-state index < -0.39 is 0 Å². The van der Waals surface area contributed by atoms with Gasteiger partial charge in [-0.15, -0.1) is 0 Å². The highest BCUT2D eigenvalue weighted by Gasteiger charge is 2.41. The highest BCUT2D eigenvalue weighted by Crippen LogP contribution is 2.42. The number of amides is 1. The Kier molecular flexibility index (Phi) is 9.03. The molecule has 0 spiro atoms. The van der Waals surface area contributed by atoms with Gasteiger partial charge in [-0.05, 0) is 68.5 Å². The van der Waals surface area contributed by atoms with Crippen LogP contribution in [0.5, 0.6) is 17.2 Å². The Morgan fingerprint density at radius 1 is 1.02 bits per heavy atom. The van der Waals surface area contributed by atoms with Gasteiger partial charge in [-0.1, -0.05) is 13.8 Å². The molecule has 4 unspecified atom stereocenters. The Morgan fingerprint density at radius 2 is 1.73 bits per heavy atom. The van der Waals surface area contributed by atoms with Crippen LogP contribution in [0.25, 0.3) is 11.4 Å². The second kappa shape index (κ2) is 12.9. The van der Waals surface area contributed by atoms with Crippen LogP contribution in [0.2, 0.25) is 0 Å². The van der Waals surface area contributed by atoms with E-state index in [0.29, 0.717) is 47.1 Å². The normalized spacial score (nSPS) is 21.5. The van der Waals surface area contributed by atoms with Gasteiger partial charge in [0.1, 0.15) is 0 Å². The van der Waals surface area contributed by atoms with Crippen molar-refractivity contribution in [3.8, 4) is 28.6 Å². The van der Waals surface area contributed by atoms with Crippen molar-refractivity contribution in [2.45, 2.75) is 57.4 Å². The predicted octanol–water partition coefficient (Wildman–Crippen LogP) is 5.08. The third-order valence-corrected chi connectivity index (χ3v) is 8.79. The van der Waals surface area contributed by atoms with Crippen LogP contribution < -0.4 is 19.5 Å². The minimum Gasteiger partial charge on any atom is -0.493 e. The maximum Gasteiger partial charge on any atom is 0.251 e. The number of nitrogens with one attached hydrogen (secondary N) is 1. The number of carbonyl (C=O) groups is 1. The van der Waals surface area contributed by atoms with E-state index in [0.717, 1.165) is 61.5 Å². The number of nitrogens with zero attached hydrogens (tertiary/aromatic N) is 4. The number of methoxy groups -OCH3 is 3. The first kappa shape index (κ1) is 28.8. The molecule has 3 saturated heterocycles. The van der Waals surface area contributed by atoms with Gasteiger partial charge in [0.25, 0.3) is 5.91 Å². The molecular formula is C32H41N5O4. The molecule has 1 amide bonds. The van der Waals surface area contributed by atoms with Crippen LogP contribution in [0.4, 0.5) is 0 Å². The molecule has 218 valence electrons. The zero-order valence-electron chi connectivity index (χ0n) is 24.7. The van der Waals surface area contributed by atoms with E-state index in [-0.39, 0.29) is 11.9 Å². The SMILES string of the molecule is CCC(CC)c1cc(C2CN3CCC2CC3CNC(=O)c2cc(OC)c(OC)c(OC)c2)nc(-c2ccncc2)n1. The number of pyridine rings is 1. The van der Waals surface area contributed by atoms with E-state index in [1.165, 1.54) is 0 Å². The van der Waals surface area contributed by atoms with Gasteiger partial charge in [0, 0.05) is 65.9 Å². The van der Waals surface area contributed by atoms with E-state index >= 15 is 0 Å². The van der Waals surface area contributed by atoms with Crippen molar-refractivity contribution < 1.29 is 19.0 Å². The Morgan fingerprint density at radius 3 is 2.32 bits per heavy atom. The van der Waals surface area contributed by atoms with Crippen LogP contribution in [0.15, 0.2) is 42.7 Å². The minimum absolute atomic E-state index is 0.156. The molecule has 4 atom stereocenters. The number of fused-ring (bicyclic) bond motifs is 3. The van der Waals surface area contributed by atoms with Crippen molar-refractivity contribution in [1.82, 2.24) is 25.2 Å². The standard InChI is InChI=1S/C32H41N5O4/c1-6-20(7-2)26-17-27(36-31(35-26)21-8-11-33-12-9-21)25-19-37-13-10-22(25)14-24(37)18-34-32(38)23-15-28(39-3)30(41-5)29(16-23)40-4/h8-9,11-12,15-17,20,22,24-25H,6-7,10,13-14,18-19H2,1-5H3,(H,34,38). The number of ether oxygens (including phenoxy) is 3. The summed E-state index contributed by atoms with van der Waals surface area (Å²) in [6.45, 7) is 7.02. The van der Waals surface area contributed by atoms with E-state index in [2.05, 4.69) is 35.1 Å². The molecule has 9 nitrogen and oxygen atoms in total. The van der Waals surface area contributed by atoms with E-state index in [9.17, 15) is 4.79 Å². The second-order valence-corrected chi connectivity index (χ2v) is 11.0. The smallest absolute Gasteiger partial charge is 0.251 e. The molecule has 6 rings (SSSR count). The number of rotatable bonds is 11. The fourth-order valence-corrected chi connectivity index (χ4v) is 6.43. The summed E-state index contributed by atoms with van der Waals surface area (Å²) in [5, 5.41) is 3.15. The number of hydrogen-bond acceptors (Lipinski definition) is 8. The Labute approximate surface area is 242 Å². The molecule has 41 heavy (non-hydrogen) atoms. The Bertz CT molecular complexity index is 1320. The van der Waals surface area contributed by atoms with Crippen molar-refractivity contribution in [3.05, 3.63) is 59.7 Å². The molecule has 0 saturated carbocycles. The molecule has 0 radical (unpaired) electrons. The third-order valence-electron chi connectivity index (χ3n) is 8.79. The molecule has 0 aliphatic carbocycles. The average Bonchev–Trinajstić information content (AvgIpc) is 3.03. The van der Waals surface area contributed by atoms with Gasteiger partial charge in [-0.3, -0.25) is 14.7 Å². The minimum atomic E-state index is -0.156. The third kappa shape index (κ3) is 6.00. The summed E-state index contributed by atoms with van der Waals surface area (Å²) in [6, 6.07) is 9.89. The van der Waals surface area contributed by atoms with Gasteiger partial charge in [0.05, 0.1) is 21.3 Å². The molecule has 3 aromatic rings. The molecule has 2 bridgehead atoms. The Hall–Kier alpha value is -3.72. The van der Waals surface area contributed by atoms with Gasteiger partial charge in [0.2, 0.25) is 5.75 Å². The van der Waals surface area contributed by atoms with Gasteiger partial charge >= 0.3 is 0 Å². The summed E-state index contributed by atoms with van der Waals surface area (Å²) < 4.78 is 16.2. The van der Waals surface area contributed by atoms with E-state index in [1.54, 1.807) is 45.9 Å². The maximum atomic E-state index is 13.1. The molecule has 2 aromatic heterocycles. The molecule has 3 fully saturated rings. The molecular weight excluding hydrogens is 518 g/mol. The van der Waals surface area contributed by atoms with Crippen LogP contribution in [0.1, 0.15) is 73.1 Å². The lowest BCUT2D eigenvalue weighted by Gasteiger charge is -2.49. The number of piperidine rings is 3. The molecule has 3 aliphatic rings. The highest BCUT2D eigenvalue weighted by molar-refractivity contribution is 5.95. The molecule has 1 N–H and O–H groups in total. The molecule has 1 aromatic carbocycles. The van der Waals surface area contributed by atoms with Crippen LogP contribution >= 0.6 is 0 Å². The first-order valence-corrected chi connectivity index (χ1v) is 14.6. The summed E-state index contributed by atoms with van der Waals surface area (Å²) in [6.07, 6.45) is 7.86. The highest BCUT2D eigenvalue weighted by atomic mass is 16.5. The summed E-state index contributed by atoms with van der Waals surface area (Å²) in [4.78, 5) is 30.0. The van der Waals surface area contributed by atoms with Crippen molar-refractivity contribution in [3.63, 3.8) is 0 Å². The van der Waals surface area contributed by atoms with Crippen LogP contribution in [0.3, 0.4) is 0 Å². The van der Waals surface area contributed by atoms with Crippen LogP contribution in [0, 0.1) is 5.92 Å². The van der Waals surface area contributed by atoms with Gasteiger partial charge in [0.15, 0.2) is 17.3 Å². The monoisotopic (exact) mass is 559 g/mol. The van der Waals surface area contributed by atoms with Crippen molar-refractivity contribution in [2.75, 3.05) is 41.0 Å². The van der Waals surface area contributed by atoms with Crippen molar-refractivity contribution >= 4 is 5.91 Å². The zero-order chi connectivity index (χ0) is 28.9. The van der Waals surface area contributed by atoms with E-state index in [4.69, 9.17) is 24.2 Å². The lowest BCUT2D eigenvalue weighted by molar-refractivity contribution is 0.0290. The predicted molar refractivity (Wildman–Crippen MR) is 158 cm³/mol. The number of hydrogen-bond donors (Lipinski definition) is 1. The number of benzene rings is 1. The van der Waals surface area contributed by atoms with Crippen molar-refractivity contribution in [1.29, 1.82) is 0 Å². The summed E-state index contributed by atoms with van der Waals surface area (Å²) in [5.41, 5.74) is 3.76. The second-order valence-electron chi connectivity index (χ2n) is 11.0. The average molecular weight is 560 g/mol. The lowest BCUT2D eigenvalue weighted by atomic mass is 9.74. The quantitative estimate of drug-likeness (QED) is 0.348. The largest absolute Gasteiger partial charge is 0.493 e. The maximum absolute atomic E-state index is 13.1. The summed E-state index contributed by atoms with van der Waals surface area (Å²) in [5.74, 6) is 3.30. The lowest BCUT2D eigenvalue weighted by Crippen LogP contribution is -2.56. The molecule has 5 heterocycles. The van der Waals surface area contributed by atoms with E-state index in [1.807, 2.05) is 12.1 Å². The molecule has 3 aliphatic heterocycles. The Balaban J connectivity index is 1.31. The van der Waals surface area contributed by atoms with Crippen LogP contribution in [-0.2, 0) is 0 Å². The van der Waals surface area contributed by atoms with Crippen LogP contribution in [-0.4, -0.2) is 72.8 Å². The zero-order valence-corrected chi connectivity index (χ0v) is 24.7. The number of carbonyl (C=O) groups excluding carboxylic acids is 1. The fourth-order valence-electron chi connectivity index (χ4n) is 6.43. The van der Waals surface area contributed by atoms with Gasteiger partial charge in [-0.25, -0.2) is 9.97 Å². The molecule has 9 heteroatoms.